The van der Waals surface area contributed by atoms with E-state index in [-0.39, 0.29) is 11.6 Å². The predicted octanol–water partition coefficient (Wildman–Crippen LogP) is 4.26. The van der Waals surface area contributed by atoms with Crippen LogP contribution in [0.2, 0.25) is 0 Å². The first-order valence-corrected chi connectivity index (χ1v) is 8.45. The third-order valence-electron chi connectivity index (χ3n) is 4.64. The first-order valence-electron chi connectivity index (χ1n) is 8.45. The molecule has 0 bridgehead atoms. The first kappa shape index (κ1) is 17.7. The van der Waals surface area contributed by atoms with Crippen LogP contribution in [-0.2, 0) is 19.3 Å². The molecule has 0 amide bonds. The second-order valence-corrected chi connectivity index (χ2v) is 6.56. The van der Waals surface area contributed by atoms with Gasteiger partial charge >= 0.3 is 6.18 Å². The molecule has 1 aliphatic heterocycles. The third kappa shape index (κ3) is 3.21. The molecule has 0 radical (unpaired) electrons. The highest BCUT2D eigenvalue weighted by Gasteiger charge is 2.32. The summed E-state index contributed by atoms with van der Waals surface area (Å²) in [6.07, 6.45) is -1.36. The molecule has 2 aromatic heterocycles. The summed E-state index contributed by atoms with van der Waals surface area (Å²) in [5.41, 5.74) is 1.72. The fourth-order valence-electron chi connectivity index (χ4n) is 3.32. The van der Waals surface area contributed by atoms with Crippen molar-refractivity contribution in [2.24, 2.45) is 0 Å². The zero-order valence-electron chi connectivity index (χ0n) is 14.4. The summed E-state index contributed by atoms with van der Waals surface area (Å²) in [5.74, 6) is -0.948. The van der Waals surface area contributed by atoms with Crippen molar-refractivity contribution >= 4 is 0 Å². The van der Waals surface area contributed by atoms with Crippen LogP contribution in [0.4, 0.5) is 17.6 Å². The Kier molecular flexibility index (Phi) is 4.22. The van der Waals surface area contributed by atoms with Crippen LogP contribution >= 0.6 is 0 Å². The van der Waals surface area contributed by atoms with Gasteiger partial charge in [0.1, 0.15) is 11.5 Å². The molecule has 140 valence electrons. The Morgan fingerprint density at radius 1 is 1.15 bits per heavy atom. The molecule has 1 N–H and O–H groups in total. The Labute approximate surface area is 152 Å². The Bertz CT molecular complexity index is 979. The fourth-order valence-corrected chi connectivity index (χ4v) is 3.32. The maximum atomic E-state index is 14.6. The molecular formula is C19H16F4N4. The van der Waals surface area contributed by atoms with Crippen molar-refractivity contribution in [3.05, 3.63) is 59.8 Å². The summed E-state index contributed by atoms with van der Waals surface area (Å²) < 4.78 is 55.0. The minimum atomic E-state index is -4.60. The molecule has 1 atom stereocenters. The van der Waals surface area contributed by atoms with Crippen LogP contribution in [0.5, 0.6) is 0 Å². The molecule has 1 aliphatic rings. The molecule has 0 saturated heterocycles. The highest BCUT2D eigenvalue weighted by atomic mass is 19.4. The van der Waals surface area contributed by atoms with Crippen molar-refractivity contribution in [1.82, 2.24) is 20.1 Å². The summed E-state index contributed by atoms with van der Waals surface area (Å²) in [6.45, 7) is 3.14. The van der Waals surface area contributed by atoms with E-state index in [9.17, 15) is 17.6 Å². The minimum Gasteiger partial charge on any atom is -0.307 e. The third-order valence-corrected chi connectivity index (χ3v) is 4.64. The van der Waals surface area contributed by atoms with Crippen molar-refractivity contribution in [2.45, 2.75) is 32.2 Å². The summed E-state index contributed by atoms with van der Waals surface area (Å²) in [5, 5.41) is 7.87. The van der Waals surface area contributed by atoms with E-state index < -0.39 is 17.6 Å². The Morgan fingerprint density at radius 3 is 2.56 bits per heavy atom. The Morgan fingerprint density at radius 2 is 1.89 bits per heavy atom. The van der Waals surface area contributed by atoms with Gasteiger partial charge in [0.15, 0.2) is 0 Å². The lowest BCUT2D eigenvalue weighted by atomic mass is 9.98. The van der Waals surface area contributed by atoms with Gasteiger partial charge < -0.3 is 5.32 Å². The number of alkyl halides is 3. The van der Waals surface area contributed by atoms with Gasteiger partial charge in [-0.15, -0.1) is 0 Å². The van der Waals surface area contributed by atoms with Gasteiger partial charge in [-0.25, -0.2) is 4.39 Å². The van der Waals surface area contributed by atoms with Crippen LogP contribution in [0, 0.1) is 5.82 Å². The van der Waals surface area contributed by atoms with Gasteiger partial charge in [-0.1, -0.05) is 0 Å². The van der Waals surface area contributed by atoms with Gasteiger partial charge in [-0.3, -0.25) is 9.67 Å². The van der Waals surface area contributed by atoms with Crippen LogP contribution in [0.1, 0.15) is 18.2 Å². The number of hydrogen-bond acceptors (Lipinski definition) is 3. The average molecular weight is 376 g/mol. The lowest BCUT2D eigenvalue weighted by Crippen LogP contribution is -2.36. The molecule has 0 fully saturated rings. The van der Waals surface area contributed by atoms with Crippen LogP contribution in [0.3, 0.4) is 0 Å². The smallest absolute Gasteiger partial charge is 0.307 e. The number of benzene rings is 1. The van der Waals surface area contributed by atoms with E-state index >= 15 is 0 Å². The number of hydrogen-bond donors (Lipinski definition) is 1. The lowest BCUT2D eigenvalue weighted by molar-refractivity contribution is -0.137. The van der Waals surface area contributed by atoms with Gasteiger partial charge in [-0.2, -0.15) is 18.3 Å². The summed E-state index contributed by atoms with van der Waals surface area (Å²) >= 11 is 0. The monoisotopic (exact) mass is 376 g/mol. The molecule has 3 aromatic rings. The van der Waals surface area contributed by atoms with Gasteiger partial charge in [0, 0.05) is 36.1 Å². The highest BCUT2D eigenvalue weighted by Crippen LogP contribution is 2.38. The molecular weight excluding hydrogens is 360 g/mol. The Balaban J connectivity index is 1.91. The second kappa shape index (κ2) is 6.45. The fraction of sp³-hybridized carbons (Fsp3) is 0.263. The molecule has 4 rings (SSSR count). The predicted molar refractivity (Wildman–Crippen MR) is 92.2 cm³/mol. The summed E-state index contributed by atoms with van der Waals surface area (Å²) in [6, 6.07) is 6.29. The number of aromatic nitrogens is 3. The zero-order chi connectivity index (χ0) is 19.2. The van der Waals surface area contributed by atoms with Crippen molar-refractivity contribution in [3.63, 3.8) is 0 Å². The largest absolute Gasteiger partial charge is 0.416 e. The zero-order valence-corrected chi connectivity index (χ0v) is 14.4. The van der Waals surface area contributed by atoms with E-state index in [0.717, 1.165) is 23.4 Å². The van der Waals surface area contributed by atoms with E-state index in [2.05, 4.69) is 15.4 Å². The van der Waals surface area contributed by atoms with E-state index in [0.29, 0.717) is 30.4 Å². The number of pyridine rings is 1. The van der Waals surface area contributed by atoms with Gasteiger partial charge in [0.05, 0.1) is 17.8 Å². The van der Waals surface area contributed by atoms with E-state index in [1.165, 1.54) is 0 Å². The first-order chi connectivity index (χ1) is 12.8. The molecule has 8 heteroatoms. The summed E-state index contributed by atoms with van der Waals surface area (Å²) in [7, 11) is 0. The second-order valence-electron chi connectivity index (χ2n) is 6.56. The number of nitrogens with one attached hydrogen (secondary N) is 1. The van der Waals surface area contributed by atoms with E-state index in [4.69, 9.17) is 0 Å². The van der Waals surface area contributed by atoms with E-state index in [1.54, 1.807) is 29.2 Å². The summed E-state index contributed by atoms with van der Waals surface area (Å²) in [4.78, 5) is 4.00. The number of nitrogens with zero attached hydrogens (tertiary/aromatic N) is 3. The van der Waals surface area contributed by atoms with Crippen molar-refractivity contribution < 1.29 is 17.6 Å². The van der Waals surface area contributed by atoms with Crippen LogP contribution < -0.4 is 5.32 Å². The molecule has 1 aromatic carbocycles. The minimum absolute atomic E-state index is 0.0457. The maximum absolute atomic E-state index is 14.6. The molecule has 0 spiro atoms. The quantitative estimate of drug-likeness (QED) is 0.680. The van der Waals surface area contributed by atoms with Crippen LogP contribution in [-0.4, -0.2) is 20.8 Å². The van der Waals surface area contributed by atoms with Crippen LogP contribution in [0.15, 0.2) is 42.7 Å². The molecule has 4 nitrogen and oxygen atoms in total. The molecule has 0 aliphatic carbocycles. The number of halogens is 4. The van der Waals surface area contributed by atoms with Crippen LogP contribution in [0.25, 0.3) is 22.4 Å². The lowest BCUT2D eigenvalue weighted by Gasteiger charge is -2.22. The van der Waals surface area contributed by atoms with Crippen molar-refractivity contribution in [3.8, 4) is 22.4 Å². The van der Waals surface area contributed by atoms with Gasteiger partial charge in [0.2, 0.25) is 0 Å². The highest BCUT2D eigenvalue weighted by molar-refractivity contribution is 5.83. The molecule has 3 heterocycles. The van der Waals surface area contributed by atoms with E-state index in [1.807, 2.05) is 6.92 Å². The molecule has 1 unspecified atom stereocenters. The number of rotatable bonds is 2. The standard InChI is InChI=1S/C19H16F4N4/c1-11-10-27-16(9-25-11)17(12-4-6-24-7-5-12)18(26-27)14-3-2-13(8-15(14)20)19(21,22)23/h2-8,11,25H,9-10H2,1H3. The molecule has 27 heavy (non-hydrogen) atoms. The Hall–Kier alpha value is -2.74. The SMILES string of the molecule is CC1Cn2nc(-c3ccc(C(F)(F)F)cc3F)c(-c3ccncc3)c2CN1. The maximum Gasteiger partial charge on any atom is 0.416 e. The van der Waals surface area contributed by atoms with Crippen molar-refractivity contribution in [2.75, 3.05) is 0 Å². The van der Waals surface area contributed by atoms with Gasteiger partial charge in [-0.05, 0) is 42.8 Å². The topological polar surface area (TPSA) is 42.7 Å². The normalized spacial score (nSPS) is 17.0. The number of fused-ring (bicyclic) bond motifs is 1. The van der Waals surface area contributed by atoms with Crippen molar-refractivity contribution in [1.29, 1.82) is 0 Å². The molecule has 0 saturated carbocycles. The average Bonchev–Trinajstić information content (AvgIpc) is 2.99. The van der Waals surface area contributed by atoms with Gasteiger partial charge in [0.25, 0.3) is 0 Å².